The van der Waals surface area contributed by atoms with Gasteiger partial charge in [0.1, 0.15) is 11.1 Å². The number of likely N-dealkylation sites (tertiary alicyclic amines) is 1. The van der Waals surface area contributed by atoms with E-state index >= 15 is 0 Å². The minimum atomic E-state index is -1.28. The molecule has 0 saturated carbocycles. The number of alkyl halides is 1. The minimum Gasteiger partial charge on any atom is -0.480 e. The summed E-state index contributed by atoms with van der Waals surface area (Å²) < 4.78 is 5.18. The summed E-state index contributed by atoms with van der Waals surface area (Å²) in [6.07, 6.45) is -0.408. The van der Waals surface area contributed by atoms with Crippen molar-refractivity contribution in [1.29, 1.82) is 0 Å². The molecule has 0 radical (unpaired) electrons. The summed E-state index contributed by atoms with van der Waals surface area (Å²) in [6.45, 7) is 6.88. The molecule has 0 spiro atoms. The monoisotopic (exact) mass is 263 g/mol. The number of ether oxygens (including phenoxy) is 1. The molecule has 1 N–H and O–H groups in total. The maximum absolute atomic E-state index is 11.9. The highest BCUT2D eigenvalue weighted by Crippen LogP contribution is 2.33. The molecule has 2 atom stereocenters. The summed E-state index contributed by atoms with van der Waals surface area (Å²) in [7, 11) is 0. The average Bonchev–Trinajstić information content (AvgIpc) is 2.40. The van der Waals surface area contributed by atoms with E-state index in [0.29, 0.717) is 0 Å². The van der Waals surface area contributed by atoms with E-state index in [2.05, 4.69) is 0 Å². The standard InChI is InChI=1S/C11H18ClNO4/c1-10(2,3)17-9(16)13-6-7(12)5-11(13,4)8(14)15/h7H,5-6H2,1-4H3,(H,14,15)/t7-,11-/m1/s1. The van der Waals surface area contributed by atoms with Gasteiger partial charge in [-0.05, 0) is 34.1 Å². The quantitative estimate of drug-likeness (QED) is 0.736. The molecule has 0 unspecified atom stereocenters. The van der Waals surface area contributed by atoms with E-state index < -0.39 is 23.2 Å². The second-order valence-corrected chi connectivity index (χ2v) is 6.09. The van der Waals surface area contributed by atoms with E-state index in [1.165, 1.54) is 11.8 Å². The van der Waals surface area contributed by atoms with Gasteiger partial charge in [0, 0.05) is 6.54 Å². The first-order chi connectivity index (χ1) is 7.56. The molecular formula is C11H18ClNO4. The van der Waals surface area contributed by atoms with Gasteiger partial charge in [0.05, 0.1) is 5.38 Å². The van der Waals surface area contributed by atoms with Crippen molar-refractivity contribution in [1.82, 2.24) is 4.90 Å². The highest BCUT2D eigenvalue weighted by Gasteiger charge is 2.51. The maximum Gasteiger partial charge on any atom is 0.411 e. The molecule has 0 aromatic rings. The summed E-state index contributed by atoms with van der Waals surface area (Å²) >= 11 is 5.94. The van der Waals surface area contributed by atoms with Crippen LogP contribution in [0, 0.1) is 0 Å². The Morgan fingerprint density at radius 1 is 1.47 bits per heavy atom. The molecule has 6 heteroatoms. The number of carboxylic acids is 1. The third-order valence-electron chi connectivity index (χ3n) is 2.67. The van der Waals surface area contributed by atoms with Gasteiger partial charge in [-0.3, -0.25) is 4.90 Å². The smallest absolute Gasteiger partial charge is 0.411 e. The van der Waals surface area contributed by atoms with Gasteiger partial charge >= 0.3 is 12.1 Å². The van der Waals surface area contributed by atoms with Crippen LogP contribution < -0.4 is 0 Å². The lowest BCUT2D eigenvalue weighted by molar-refractivity contribution is -0.148. The Morgan fingerprint density at radius 3 is 2.41 bits per heavy atom. The van der Waals surface area contributed by atoms with Crippen LogP contribution in [-0.4, -0.2) is 45.1 Å². The molecular weight excluding hydrogens is 246 g/mol. The Morgan fingerprint density at radius 2 is 2.00 bits per heavy atom. The van der Waals surface area contributed by atoms with Crippen LogP contribution in [0.25, 0.3) is 0 Å². The SMILES string of the molecule is CC(C)(C)OC(=O)N1C[C@H](Cl)C[C@]1(C)C(=O)O. The van der Waals surface area contributed by atoms with Gasteiger partial charge < -0.3 is 9.84 Å². The number of halogens is 1. The van der Waals surface area contributed by atoms with Crippen LogP contribution in [0.4, 0.5) is 4.79 Å². The largest absolute Gasteiger partial charge is 0.480 e. The molecule has 1 heterocycles. The number of hydrogen-bond donors (Lipinski definition) is 1. The molecule has 1 fully saturated rings. The van der Waals surface area contributed by atoms with Crippen molar-refractivity contribution in [3.8, 4) is 0 Å². The number of carbonyl (C=O) groups excluding carboxylic acids is 1. The highest BCUT2D eigenvalue weighted by molar-refractivity contribution is 6.21. The van der Waals surface area contributed by atoms with Crippen LogP contribution in [0.15, 0.2) is 0 Å². The fourth-order valence-corrected chi connectivity index (χ4v) is 2.24. The van der Waals surface area contributed by atoms with Crippen molar-refractivity contribution >= 4 is 23.7 Å². The van der Waals surface area contributed by atoms with Gasteiger partial charge in [-0.1, -0.05) is 0 Å². The van der Waals surface area contributed by atoms with E-state index in [-0.39, 0.29) is 18.3 Å². The fourth-order valence-electron chi connectivity index (χ4n) is 1.80. The van der Waals surface area contributed by atoms with E-state index in [1.807, 2.05) is 0 Å². The average molecular weight is 264 g/mol. The second kappa shape index (κ2) is 4.37. The zero-order valence-electron chi connectivity index (χ0n) is 10.5. The molecule has 98 valence electrons. The molecule has 0 aliphatic carbocycles. The van der Waals surface area contributed by atoms with Crippen LogP contribution in [0.2, 0.25) is 0 Å². The topological polar surface area (TPSA) is 66.8 Å². The summed E-state index contributed by atoms with van der Waals surface area (Å²) in [6, 6.07) is 0. The Bertz CT molecular complexity index is 339. The van der Waals surface area contributed by atoms with Gasteiger partial charge in [-0.25, -0.2) is 9.59 Å². The molecule has 1 amide bonds. The molecule has 1 aliphatic heterocycles. The normalized spacial score (nSPS) is 29.2. The van der Waals surface area contributed by atoms with Crippen LogP contribution in [0.1, 0.15) is 34.1 Å². The van der Waals surface area contributed by atoms with Gasteiger partial charge in [-0.15, -0.1) is 11.6 Å². The predicted octanol–water partition coefficient (Wildman–Crippen LogP) is 2.08. The Hall–Kier alpha value is -0.970. The Kier molecular flexibility index (Phi) is 3.62. The first-order valence-corrected chi connectivity index (χ1v) is 5.88. The lowest BCUT2D eigenvalue weighted by Crippen LogP contribution is -2.52. The second-order valence-electron chi connectivity index (χ2n) is 5.47. The molecule has 1 saturated heterocycles. The predicted molar refractivity (Wildman–Crippen MR) is 63.2 cm³/mol. The van der Waals surface area contributed by atoms with Gasteiger partial charge in [-0.2, -0.15) is 0 Å². The number of aliphatic carboxylic acids is 1. The number of amides is 1. The molecule has 1 rings (SSSR count). The first-order valence-electron chi connectivity index (χ1n) is 5.44. The van der Waals surface area contributed by atoms with E-state index in [9.17, 15) is 14.7 Å². The van der Waals surface area contributed by atoms with Gasteiger partial charge in [0.15, 0.2) is 0 Å². The third-order valence-corrected chi connectivity index (χ3v) is 2.96. The van der Waals surface area contributed by atoms with Crippen molar-refractivity contribution in [2.24, 2.45) is 0 Å². The summed E-state index contributed by atoms with van der Waals surface area (Å²) in [4.78, 5) is 24.3. The van der Waals surface area contributed by atoms with E-state index in [1.54, 1.807) is 20.8 Å². The van der Waals surface area contributed by atoms with E-state index in [4.69, 9.17) is 16.3 Å². The zero-order chi connectivity index (χ0) is 13.4. The lowest BCUT2D eigenvalue weighted by Gasteiger charge is -2.32. The summed E-state index contributed by atoms with van der Waals surface area (Å²) in [5, 5.41) is 8.84. The number of nitrogens with zero attached hydrogens (tertiary/aromatic N) is 1. The van der Waals surface area contributed by atoms with E-state index in [0.717, 1.165) is 0 Å². The zero-order valence-corrected chi connectivity index (χ0v) is 11.2. The molecule has 0 bridgehead atoms. The summed E-state index contributed by atoms with van der Waals surface area (Å²) in [5.74, 6) is -1.06. The molecule has 1 aliphatic rings. The summed E-state index contributed by atoms with van der Waals surface area (Å²) in [5.41, 5.74) is -1.93. The Balaban J connectivity index is 2.88. The van der Waals surface area contributed by atoms with Crippen LogP contribution in [0.3, 0.4) is 0 Å². The van der Waals surface area contributed by atoms with Crippen molar-refractivity contribution in [3.05, 3.63) is 0 Å². The fraction of sp³-hybridized carbons (Fsp3) is 0.818. The maximum atomic E-state index is 11.9. The first kappa shape index (κ1) is 14.1. The van der Waals surface area contributed by atoms with Crippen molar-refractivity contribution in [3.63, 3.8) is 0 Å². The van der Waals surface area contributed by atoms with Crippen molar-refractivity contribution < 1.29 is 19.4 Å². The van der Waals surface area contributed by atoms with Gasteiger partial charge in [0.2, 0.25) is 0 Å². The van der Waals surface area contributed by atoms with Crippen LogP contribution in [-0.2, 0) is 9.53 Å². The molecule has 5 nitrogen and oxygen atoms in total. The van der Waals surface area contributed by atoms with Crippen LogP contribution >= 0.6 is 11.6 Å². The number of carbonyl (C=O) groups is 2. The van der Waals surface area contributed by atoms with Crippen molar-refractivity contribution in [2.75, 3.05) is 6.54 Å². The Labute approximate surface area is 106 Å². The minimum absolute atomic E-state index is 0.194. The lowest BCUT2D eigenvalue weighted by atomic mass is 10.00. The number of rotatable bonds is 1. The van der Waals surface area contributed by atoms with Crippen molar-refractivity contribution in [2.45, 2.75) is 50.6 Å². The molecule has 17 heavy (non-hydrogen) atoms. The van der Waals surface area contributed by atoms with Crippen LogP contribution in [0.5, 0.6) is 0 Å². The third kappa shape index (κ3) is 3.03. The number of carboxylic acid groups (broad SMARTS) is 1. The molecule has 0 aromatic heterocycles. The number of hydrogen-bond acceptors (Lipinski definition) is 3. The van der Waals surface area contributed by atoms with Gasteiger partial charge in [0.25, 0.3) is 0 Å². The highest BCUT2D eigenvalue weighted by atomic mass is 35.5. The molecule has 0 aromatic carbocycles.